The molecule has 0 aliphatic carbocycles. The number of nitrogens with zero attached hydrogens (tertiary/aromatic N) is 3. The number of amides is 1. The van der Waals surface area contributed by atoms with Crippen molar-refractivity contribution in [3.8, 4) is 11.4 Å². The van der Waals surface area contributed by atoms with Crippen molar-refractivity contribution in [2.75, 3.05) is 11.9 Å². The highest BCUT2D eigenvalue weighted by Crippen LogP contribution is 2.41. The minimum absolute atomic E-state index is 0.202. The van der Waals surface area contributed by atoms with E-state index in [0.717, 1.165) is 26.7 Å². The van der Waals surface area contributed by atoms with Gasteiger partial charge in [-0.25, -0.2) is 9.78 Å². The molecule has 0 aliphatic heterocycles. The molecule has 0 fully saturated rings. The highest BCUT2D eigenvalue weighted by atomic mass is 79.9. The molecule has 0 saturated carbocycles. The molecular formula is C30H36Br2F3N5O3Si. The minimum Gasteiger partial charge on any atom is -0.444 e. The summed E-state index contributed by atoms with van der Waals surface area (Å²) in [5, 5.41) is 2.64. The fraction of sp³-hybridized carbons (Fsp3) is 0.433. The van der Waals surface area contributed by atoms with E-state index in [1.165, 1.54) is 12.1 Å². The molecule has 0 spiro atoms. The van der Waals surface area contributed by atoms with E-state index in [2.05, 4.69) is 71.8 Å². The van der Waals surface area contributed by atoms with Crippen molar-refractivity contribution in [2.45, 2.75) is 77.8 Å². The average Bonchev–Trinajstić information content (AvgIpc) is 3.40. The van der Waals surface area contributed by atoms with Crippen LogP contribution >= 0.6 is 31.9 Å². The lowest BCUT2D eigenvalue weighted by Gasteiger charge is -2.18. The number of benzene rings is 1. The van der Waals surface area contributed by atoms with Crippen LogP contribution in [0.2, 0.25) is 25.7 Å². The first-order valence-corrected chi connectivity index (χ1v) is 19.4. The van der Waals surface area contributed by atoms with Crippen LogP contribution in [0.5, 0.6) is 0 Å². The third-order valence-corrected chi connectivity index (χ3v) is 10.1. The van der Waals surface area contributed by atoms with E-state index >= 15 is 0 Å². The van der Waals surface area contributed by atoms with Gasteiger partial charge in [-0.1, -0.05) is 37.8 Å². The lowest BCUT2D eigenvalue weighted by molar-refractivity contribution is -0.137. The van der Waals surface area contributed by atoms with Crippen LogP contribution < -0.4 is 5.32 Å². The van der Waals surface area contributed by atoms with Crippen LogP contribution in [-0.2, 0) is 35.2 Å². The third-order valence-electron chi connectivity index (χ3n) is 6.61. The molecule has 0 bridgehead atoms. The lowest BCUT2D eigenvalue weighted by atomic mass is 10.0. The van der Waals surface area contributed by atoms with Crippen LogP contribution in [0.4, 0.5) is 23.9 Å². The standard InChI is InChI=1S/C30H36Br2F3N5O3Si/c1-29(2,3)43-28(41)39-27-37-21-12-13-36-24(23(21)38-27)25-22(31)20(26(32)40(25)17-42-14-15-44(4,5)6)11-10-18-8-7-9-19(16-18)30(33,34)35/h7-9,12-13,16H,10-11,14-15,17H2,1-6H3,(H2,37,38,39,41). The van der Waals surface area contributed by atoms with E-state index in [1.807, 2.05) is 4.57 Å². The number of imidazole rings is 1. The molecule has 0 saturated heterocycles. The lowest BCUT2D eigenvalue weighted by Crippen LogP contribution is -2.27. The number of ether oxygens (including phenoxy) is 2. The maximum absolute atomic E-state index is 13.3. The molecule has 3 heterocycles. The summed E-state index contributed by atoms with van der Waals surface area (Å²) in [7, 11) is -1.33. The normalized spacial score (nSPS) is 12.6. The number of hydrogen-bond acceptors (Lipinski definition) is 5. The number of carbonyl (C=O) groups is 1. The molecule has 238 valence electrons. The third kappa shape index (κ3) is 8.73. The van der Waals surface area contributed by atoms with Gasteiger partial charge in [-0.3, -0.25) is 10.3 Å². The zero-order chi connectivity index (χ0) is 32.4. The van der Waals surface area contributed by atoms with E-state index in [9.17, 15) is 18.0 Å². The Kier molecular flexibility index (Phi) is 10.4. The van der Waals surface area contributed by atoms with Crippen LogP contribution in [0, 0.1) is 0 Å². The van der Waals surface area contributed by atoms with Gasteiger partial charge in [0, 0.05) is 25.4 Å². The first kappa shape index (κ1) is 34.2. The molecule has 4 rings (SSSR count). The molecule has 0 radical (unpaired) electrons. The topological polar surface area (TPSA) is 94.1 Å². The highest BCUT2D eigenvalue weighted by molar-refractivity contribution is 9.11. The van der Waals surface area contributed by atoms with Gasteiger partial charge in [-0.15, -0.1) is 0 Å². The maximum Gasteiger partial charge on any atom is 0.416 e. The second-order valence-corrected chi connectivity index (χ2v) is 19.8. The summed E-state index contributed by atoms with van der Waals surface area (Å²) in [6.07, 6.45) is -2.60. The van der Waals surface area contributed by atoms with Crippen LogP contribution in [0.15, 0.2) is 45.6 Å². The number of hydrogen-bond donors (Lipinski definition) is 2. The number of aryl methyl sites for hydroxylation is 1. The zero-order valence-electron chi connectivity index (χ0n) is 25.5. The monoisotopic (exact) mass is 757 g/mol. The first-order chi connectivity index (χ1) is 20.4. The van der Waals surface area contributed by atoms with Crippen LogP contribution in [-0.4, -0.2) is 45.9 Å². The predicted molar refractivity (Wildman–Crippen MR) is 176 cm³/mol. The number of carbonyl (C=O) groups excluding carboxylic acids is 1. The van der Waals surface area contributed by atoms with E-state index < -0.39 is 31.5 Å². The molecule has 0 atom stereocenters. The number of halogens is 5. The molecule has 0 aliphatic rings. The fourth-order valence-corrected chi connectivity index (χ4v) is 6.94. The summed E-state index contributed by atoms with van der Waals surface area (Å²) >= 11 is 7.51. The number of nitrogens with one attached hydrogen (secondary N) is 2. The second kappa shape index (κ2) is 13.4. The summed E-state index contributed by atoms with van der Waals surface area (Å²) < 4.78 is 54.8. The number of aromatic nitrogens is 4. The molecule has 1 aromatic carbocycles. The van der Waals surface area contributed by atoms with Gasteiger partial charge in [0.2, 0.25) is 5.95 Å². The van der Waals surface area contributed by atoms with Gasteiger partial charge >= 0.3 is 12.3 Å². The Balaban J connectivity index is 1.71. The van der Waals surface area contributed by atoms with Gasteiger partial charge in [-0.05, 0) is 94.8 Å². The van der Waals surface area contributed by atoms with E-state index in [-0.39, 0.29) is 12.7 Å². The molecular weight excluding hydrogens is 723 g/mol. The molecule has 44 heavy (non-hydrogen) atoms. The molecule has 14 heteroatoms. The Bertz CT molecular complexity index is 1640. The van der Waals surface area contributed by atoms with Gasteiger partial charge in [0.05, 0.1) is 21.4 Å². The predicted octanol–water partition coefficient (Wildman–Crippen LogP) is 9.41. The van der Waals surface area contributed by atoms with E-state index in [4.69, 9.17) is 9.47 Å². The molecule has 3 aromatic heterocycles. The van der Waals surface area contributed by atoms with Gasteiger partial charge in [0.15, 0.2) is 0 Å². The van der Waals surface area contributed by atoms with Gasteiger partial charge in [0.1, 0.15) is 23.5 Å². The Morgan fingerprint density at radius 3 is 2.50 bits per heavy atom. The van der Waals surface area contributed by atoms with Crippen molar-refractivity contribution < 1.29 is 27.4 Å². The van der Waals surface area contributed by atoms with Gasteiger partial charge in [-0.2, -0.15) is 13.2 Å². The quantitative estimate of drug-likeness (QED) is 0.124. The van der Waals surface area contributed by atoms with Crippen molar-refractivity contribution in [3.05, 3.63) is 62.3 Å². The Labute approximate surface area is 272 Å². The summed E-state index contributed by atoms with van der Waals surface area (Å²) in [4.78, 5) is 24.8. The zero-order valence-corrected chi connectivity index (χ0v) is 29.6. The maximum atomic E-state index is 13.3. The van der Waals surface area contributed by atoms with Gasteiger partial charge in [0.25, 0.3) is 0 Å². The Morgan fingerprint density at radius 2 is 1.84 bits per heavy atom. The Morgan fingerprint density at radius 1 is 1.11 bits per heavy atom. The molecule has 0 unspecified atom stereocenters. The van der Waals surface area contributed by atoms with Crippen molar-refractivity contribution in [1.82, 2.24) is 19.5 Å². The SMILES string of the molecule is CC(C)(C)OC(=O)Nc1nc2c(-c3c(Br)c(CCc4cccc(C(F)(F)F)c4)c(Br)n3COCC[Si](C)(C)C)nccc2[nH]1. The first-order valence-electron chi connectivity index (χ1n) is 14.1. The summed E-state index contributed by atoms with van der Waals surface area (Å²) in [6.45, 7) is 12.9. The summed E-state index contributed by atoms with van der Waals surface area (Å²) in [6, 6.07) is 8.11. The van der Waals surface area contributed by atoms with Crippen molar-refractivity contribution in [1.29, 1.82) is 0 Å². The number of anilines is 1. The minimum atomic E-state index is -4.41. The van der Waals surface area contributed by atoms with Crippen LogP contribution in [0.25, 0.3) is 22.4 Å². The van der Waals surface area contributed by atoms with E-state index in [0.29, 0.717) is 47.4 Å². The van der Waals surface area contributed by atoms with Crippen molar-refractivity contribution in [2.24, 2.45) is 0 Å². The van der Waals surface area contributed by atoms with Crippen LogP contribution in [0.3, 0.4) is 0 Å². The number of H-pyrrole nitrogens is 1. The average molecular weight is 760 g/mol. The van der Waals surface area contributed by atoms with Crippen LogP contribution in [0.1, 0.15) is 37.5 Å². The second-order valence-electron chi connectivity index (χ2n) is 12.7. The number of alkyl halides is 3. The number of fused-ring (bicyclic) bond motifs is 1. The highest BCUT2D eigenvalue weighted by Gasteiger charge is 2.30. The molecule has 1 amide bonds. The van der Waals surface area contributed by atoms with Crippen molar-refractivity contribution >= 4 is 63.0 Å². The molecule has 4 aromatic rings. The molecule has 8 nitrogen and oxygen atoms in total. The number of aromatic amines is 1. The molecule has 2 N–H and O–H groups in total. The Hall–Kier alpha value is -2.68. The fourth-order valence-electron chi connectivity index (χ4n) is 4.45. The smallest absolute Gasteiger partial charge is 0.416 e. The van der Waals surface area contributed by atoms with Gasteiger partial charge < -0.3 is 19.0 Å². The summed E-state index contributed by atoms with van der Waals surface area (Å²) in [5.41, 5.74) is 2.44. The number of rotatable bonds is 10. The largest absolute Gasteiger partial charge is 0.444 e. The summed E-state index contributed by atoms with van der Waals surface area (Å²) in [5.74, 6) is 0.202. The van der Waals surface area contributed by atoms with Crippen molar-refractivity contribution in [3.63, 3.8) is 0 Å². The number of pyridine rings is 1. The van der Waals surface area contributed by atoms with E-state index in [1.54, 1.807) is 39.1 Å².